The van der Waals surface area contributed by atoms with Gasteiger partial charge in [0.1, 0.15) is 5.78 Å². The van der Waals surface area contributed by atoms with Gasteiger partial charge in [-0.15, -0.1) is 0 Å². The van der Waals surface area contributed by atoms with Crippen LogP contribution in [0, 0.1) is 17.8 Å². The van der Waals surface area contributed by atoms with Gasteiger partial charge in [-0.3, -0.25) is 4.79 Å². The van der Waals surface area contributed by atoms with Crippen LogP contribution in [-0.2, 0) is 4.79 Å². The van der Waals surface area contributed by atoms with E-state index in [0.29, 0.717) is 17.6 Å². The maximum Gasteiger partial charge on any atom is 0.140 e. The maximum absolute atomic E-state index is 11.3. The predicted octanol–water partition coefficient (Wildman–Crippen LogP) is 3.43. The highest BCUT2D eigenvalue weighted by Crippen LogP contribution is 2.42. The fraction of sp³-hybridized carbons (Fsp3) is 0.917. The molecule has 3 atom stereocenters. The molecule has 0 bridgehead atoms. The third kappa shape index (κ3) is 2.82. The maximum atomic E-state index is 11.3. The van der Waals surface area contributed by atoms with E-state index < -0.39 is 0 Å². The van der Waals surface area contributed by atoms with E-state index >= 15 is 0 Å². The predicted molar refractivity (Wildman–Crippen MR) is 55.6 cm³/mol. The van der Waals surface area contributed by atoms with Gasteiger partial charge in [-0.25, -0.2) is 0 Å². The molecule has 1 aliphatic carbocycles. The summed E-state index contributed by atoms with van der Waals surface area (Å²) in [6, 6.07) is 0. The Labute approximate surface area is 81.9 Å². The van der Waals surface area contributed by atoms with Crippen LogP contribution in [0.15, 0.2) is 0 Å². The molecule has 0 aliphatic heterocycles. The first-order valence-electron chi connectivity index (χ1n) is 5.74. The van der Waals surface area contributed by atoms with Crippen LogP contribution in [0.5, 0.6) is 0 Å². The highest BCUT2D eigenvalue weighted by molar-refractivity contribution is 5.99. The Bertz CT molecular complexity index is 174. The number of carbonyl (C=O) groups excluding carboxylic acids is 1. The molecule has 0 N–H and O–H groups in total. The van der Waals surface area contributed by atoms with Crippen LogP contribution in [-0.4, -0.2) is 5.78 Å². The van der Waals surface area contributed by atoms with Crippen molar-refractivity contribution in [2.24, 2.45) is 17.8 Å². The fourth-order valence-electron chi connectivity index (χ4n) is 2.33. The molecule has 1 saturated carbocycles. The van der Waals surface area contributed by atoms with Gasteiger partial charge in [-0.1, -0.05) is 40.0 Å². The number of ketones is 1. The molecule has 1 rings (SSSR count). The fourth-order valence-corrected chi connectivity index (χ4v) is 2.33. The van der Waals surface area contributed by atoms with E-state index in [9.17, 15) is 4.79 Å². The second-order valence-corrected chi connectivity index (χ2v) is 4.53. The zero-order chi connectivity index (χ0) is 9.84. The summed E-state index contributed by atoms with van der Waals surface area (Å²) < 4.78 is 0. The first-order chi connectivity index (χ1) is 6.20. The third-order valence-electron chi connectivity index (χ3n) is 3.14. The summed E-state index contributed by atoms with van der Waals surface area (Å²) >= 11 is 0. The van der Waals surface area contributed by atoms with Crippen LogP contribution in [0.2, 0.25) is 0 Å². The minimum atomic E-state index is 0.446. The van der Waals surface area contributed by atoms with Crippen LogP contribution < -0.4 is 0 Å². The Morgan fingerprint density at radius 1 is 1.23 bits per heavy atom. The van der Waals surface area contributed by atoms with Crippen molar-refractivity contribution in [2.75, 3.05) is 0 Å². The summed E-state index contributed by atoms with van der Waals surface area (Å²) in [7, 11) is 0. The van der Waals surface area contributed by atoms with Crippen molar-refractivity contribution in [3.05, 3.63) is 0 Å². The summed E-state index contributed by atoms with van der Waals surface area (Å²) in [4.78, 5) is 11.3. The lowest BCUT2D eigenvalue weighted by atomic mass is 9.98. The van der Waals surface area contributed by atoms with Gasteiger partial charge in [0.05, 0.1) is 0 Å². The van der Waals surface area contributed by atoms with Gasteiger partial charge < -0.3 is 0 Å². The summed E-state index contributed by atoms with van der Waals surface area (Å²) in [6.45, 7) is 6.66. The molecule has 0 amide bonds. The average molecular weight is 182 g/mol. The molecule has 0 aromatic heterocycles. The molecule has 0 aromatic rings. The van der Waals surface area contributed by atoms with E-state index in [2.05, 4.69) is 20.8 Å². The highest BCUT2D eigenvalue weighted by Gasteiger charge is 2.47. The van der Waals surface area contributed by atoms with Gasteiger partial charge in [0.2, 0.25) is 0 Å². The van der Waals surface area contributed by atoms with Gasteiger partial charge in [0.25, 0.3) is 0 Å². The van der Waals surface area contributed by atoms with Gasteiger partial charge in [-0.2, -0.15) is 0 Å². The lowest BCUT2D eigenvalue weighted by Crippen LogP contribution is -1.96. The first kappa shape index (κ1) is 10.7. The van der Waals surface area contributed by atoms with Crippen LogP contribution in [0.4, 0.5) is 0 Å². The second-order valence-electron chi connectivity index (χ2n) is 4.53. The average Bonchev–Trinajstić information content (AvgIpc) is 2.64. The Hall–Kier alpha value is -0.330. The molecule has 1 nitrogen and oxygen atoms in total. The Morgan fingerprint density at radius 3 is 2.46 bits per heavy atom. The topological polar surface area (TPSA) is 17.1 Å². The number of carbonyl (C=O) groups is 1. The smallest absolute Gasteiger partial charge is 0.140 e. The van der Waals surface area contributed by atoms with Crippen molar-refractivity contribution in [1.29, 1.82) is 0 Å². The van der Waals surface area contributed by atoms with Crippen molar-refractivity contribution < 1.29 is 4.79 Å². The van der Waals surface area contributed by atoms with Gasteiger partial charge in [-0.05, 0) is 18.8 Å². The van der Waals surface area contributed by atoms with Crippen LogP contribution in [0.1, 0.15) is 52.9 Å². The second kappa shape index (κ2) is 4.78. The minimum absolute atomic E-state index is 0.446. The molecule has 0 spiro atoms. The zero-order valence-electron chi connectivity index (χ0n) is 9.18. The molecule has 0 saturated heterocycles. The molecule has 1 aliphatic rings. The normalized spacial score (nSPS) is 29.0. The number of rotatable bonds is 6. The molecule has 3 unspecified atom stereocenters. The van der Waals surface area contributed by atoms with Crippen molar-refractivity contribution >= 4 is 5.78 Å². The largest absolute Gasteiger partial charge is 0.299 e. The van der Waals surface area contributed by atoms with Crippen LogP contribution >= 0.6 is 0 Å². The number of hydrogen-bond donors (Lipinski definition) is 0. The number of hydrogen-bond acceptors (Lipinski definition) is 1. The van der Waals surface area contributed by atoms with E-state index in [-0.39, 0.29) is 0 Å². The van der Waals surface area contributed by atoms with E-state index in [0.717, 1.165) is 25.2 Å². The highest BCUT2D eigenvalue weighted by atomic mass is 16.1. The summed E-state index contributed by atoms with van der Waals surface area (Å²) in [6.07, 6.45) is 5.97. The van der Waals surface area contributed by atoms with Gasteiger partial charge >= 0.3 is 0 Å². The zero-order valence-corrected chi connectivity index (χ0v) is 9.18. The SMILES string of the molecule is CCCC(C)CC1C(=O)C1CCC. The molecule has 0 heterocycles. The Kier molecular flexibility index (Phi) is 3.95. The Balaban J connectivity index is 2.20. The van der Waals surface area contributed by atoms with Crippen LogP contribution in [0.3, 0.4) is 0 Å². The summed E-state index contributed by atoms with van der Waals surface area (Å²) in [5.74, 6) is 2.19. The molecule has 1 heteroatoms. The minimum Gasteiger partial charge on any atom is -0.299 e. The van der Waals surface area contributed by atoms with E-state index in [1.807, 2.05) is 0 Å². The molecule has 1 fully saturated rings. The van der Waals surface area contributed by atoms with Crippen molar-refractivity contribution in [3.63, 3.8) is 0 Å². The quantitative estimate of drug-likeness (QED) is 0.615. The van der Waals surface area contributed by atoms with Gasteiger partial charge in [0.15, 0.2) is 0 Å². The third-order valence-corrected chi connectivity index (χ3v) is 3.14. The lowest BCUT2D eigenvalue weighted by molar-refractivity contribution is -0.112. The van der Waals surface area contributed by atoms with Crippen molar-refractivity contribution in [2.45, 2.75) is 52.9 Å². The lowest BCUT2D eigenvalue weighted by Gasteiger charge is -2.07. The van der Waals surface area contributed by atoms with Crippen molar-refractivity contribution in [3.8, 4) is 0 Å². The monoisotopic (exact) mass is 182 g/mol. The standard InChI is InChI=1S/C12H22O/c1-4-6-9(3)8-11-10(7-5-2)12(11)13/h9-11H,4-8H2,1-3H3. The van der Waals surface area contributed by atoms with Crippen LogP contribution in [0.25, 0.3) is 0 Å². The first-order valence-corrected chi connectivity index (χ1v) is 5.74. The van der Waals surface area contributed by atoms with Gasteiger partial charge in [0, 0.05) is 11.8 Å². The molecule has 13 heavy (non-hydrogen) atoms. The van der Waals surface area contributed by atoms with E-state index in [1.165, 1.54) is 12.8 Å². The summed E-state index contributed by atoms with van der Waals surface area (Å²) in [5.41, 5.74) is 0. The van der Waals surface area contributed by atoms with E-state index in [1.54, 1.807) is 0 Å². The Morgan fingerprint density at radius 2 is 1.92 bits per heavy atom. The molecule has 76 valence electrons. The number of Topliss-reactive ketones (excluding diaryl/α,β-unsaturated/α-hetero) is 1. The van der Waals surface area contributed by atoms with Crippen molar-refractivity contribution in [1.82, 2.24) is 0 Å². The van der Waals surface area contributed by atoms with E-state index in [4.69, 9.17) is 0 Å². The molecule has 0 aromatic carbocycles. The molecule has 0 radical (unpaired) electrons. The molecular weight excluding hydrogens is 160 g/mol. The molecular formula is C12H22O. The summed E-state index contributed by atoms with van der Waals surface area (Å²) in [5, 5.41) is 0.